The third kappa shape index (κ3) is 3.36. The Balaban J connectivity index is 1.54. The molecule has 2 N–H and O–H groups in total. The Hall–Kier alpha value is -3.48. The number of ether oxygens (including phenoxy) is 1. The number of anilines is 1. The smallest absolute Gasteiger partial charge is 0.340 e. The quantitative estimate of drug-likeness (QED) is 0.529. The second-order valence-electron chi connectivity index (χ2n) is 7.82. The fraction of sp³-hybridized carbons (Fsp3) is 0.304. The number of fused-ring (bicyclic) bond motifs is 2. The van der Waals surface area contributed by atoms with Gasteiger partial charge in [0.1, 0.15) is 0 Å². The summed E-state index contributed by atoms with van der Waals surface area (Å²) < 4.78 is 5.18. The number of nitrogen functional groups attached to an aromatic ring is 1. The van der Waals surface area contributed by atoms with E-state index in [0.29, 0.717) is 24.6 Å². The molecule has 0 aromatic heterocycles. The first-order valence-corrected chi connectivity index (χ1v) is 9.94. The van der Waals surface area contributed by atoms with Gasteiger partial charge in [0.25, 0.3) is 5.91 Å². The van der Waals surface area contributed by atoms with Crippen molar-refractivity contribution >= 4 is 29.1 Å². The second-order valence-corrected chi connectivity index (χ2v) is 7.82. The maximum atomic E-state index is 12.9. The molecule has 0 radical (unpaired) electrons. The predicted octanol–water partition coefficient (Wildman–Crippen LogP) is 2.46. The molecule has 2 aliphatic rings. The topological polar surface area (TPSA) is 107 Å². The largest absolute Gasteiger partial charge is 0.452 e. The number of hydrogen-bond donors (Lipinski definition) is 1. The molecule has 154 valence electrons. The number of rotatable bonds is 3. The van der Waals surface area contributed by atoms with E-state index < -0.39 is 18.4 Å². The van der Waals surface area contributed by atoms with Crippen molar-refractivity contribution in [3.8, 4) is 0 Å². The van der Waals surface area contributed by atoms with E-state index in [1.165, 1.54) is 12.1 Å². The van der Waals surface area contributed by atoms with E-state index in [4.69, 9.17) is 10.5 Å². The van der Waals surface area contributed by atoms with Crippen LogP contribution in [0.2, 0.25) is 0 Å². The lowest BCUT2D eigenvalue weighted by Gasteiger charge is -2.30. The number of hydrogen-bond acceptors (Lipinski definition) is 6. The average molecular weight is 406 g/mol. The molecular weight excluding hydrogens is 384 g/mol. The SMILES string of the molecule is C[C@H]1CCCN(C(=O)COC(=O)c2ccc3c(c2N)C(=O)c2ccccc2C3=O)C1. The number of ketones is 2. The summed E-state index contributed by atoms with van der Waals surface area (Å²) in [4.78, 5) is 52.2. The van der Waals surface area contributed by atoms with Crippen LogP contribution in [0.1, 0.15) is 62.0 Å². The molecule has 2 aromatic carbocycles. The van der Waals surface area contributed by atoms with E-state index in [-0.39, 0.29) is 39.6 Å². The highest BCUT2D eigenvalue weighted by molar-refractivity contribution is 6.30. The third-order valence-electron chi connectivity index (χ3n) is 5.69. The predicted molar refractivity (Wildman–Crippen MR) is 109 cm³/mol. The Kier molecular flexibility index (Phi) is 5.11. The fourth-order valence-corrected chi connectivity index (χ4v) is 4.10. The van der Waals surface area contributed by atoms with Gasteiger partial charge in [-0.1, -0.05) is 31.2 Å². The molecule has 1 aliphatic heterocycles. The summed E-state index contributed by atoms with van der Waals surface area (Å²) in [5, 5.41) is 0. The van der Waals surface area contributed by atoms with E-state index in [1.807, 2.05) is 0 Å². The fourth-order valence-electron chi connectivity index (χ4n) is 4.10. The molecule has 1 aliphatic carbocycles. The van der Waals surface area contributed by atoms with Crippen molar-refractivity contribution < 1.29 is 23.9 Å². The van der Waals surface area contributed by atoms with Gasteiger partial charge in [0, 0.05) is 29.8 Å². The third-order valence-corrected chi connectivity index (χ3v) is 5.69. The molecule has 7 nitrogen and oxygen atoms in total. The highest BCUT2D eigenvalue weighted by atomic mass is 16.5. The van der Waals surface area contributed by atoms with Crippen LogP contribution >= 0.6 is 0 Å². The van der Waals surface area contributed by atoms with Crippen LogP contribution in [0.25, 0.3) is 0 Å². The lowest BCUT2D eigenvalue weighted by Crippen LogP contribution is -2.41. The molecule has 0 spiro atoms. The number of piperidine rings is 1. The number of amides is 1. The van der Waals surface area contributed by atoms with E-state index >= 15 is 0 Å². The van der Waals surface area contributed by atoms with Gasteiger partial charge in [0.2, 0.25) is 0 Å². The first-order valence-electron chi connectivity index (χ1n) is 9.94. The minimum absolute atomic E-state index is 0.00401. The van der Waals surface area contributed by atoms with Gasteiger partial charge >= 0.3 is 5.97 Å². The van der Waals surface area contributed by atoms with Gasteiger partial charge in [-0.25, -0.2) is 4.79 Å². The number of likely N-dealkylation sites (tertiary alicyclic amines) is 1. The van der Waals surface area contributed by atoms with Gasteiger partial charge in [0.05, 0.1) is 16.8 Å². The molecule has 2 aromatic rings. The number of benzene rings is 2. The van der Waals surface area contributed by atoms with Crippen molar-refractivity contribution in [1.82, 2.24) is 4.90 Å². The van der Waals surface area contributed by atoms with Crippen molar-refractivity contribution in [1.29, 1.82) is 0 Å². The lowest BCUT2D eigenvalue weighted by atomic mass is 9.82. The second kappa shape index (κ2) is 7.74. The molecule has 1 saturated heterocycles. The van der Waals surface area contributed by atoms with Crippen LogP contribution in [0.15, 0.2) is 36.4 Å². The monoisotopic (exact) mass is 406 g/mol. The number of nitrogens with two attached hydrogens (primary N) is 1. The van der Waals surface area contributed by atoms with Crippen LogP contribution in [0.4, 0.5) is 5.69 Å². The molecule has 1 fully saturated rings. The normalized spacial score (nSPS) is 17.9. The maximum absolute atomic E-state index is 12.9. The summed E-state index contributed by atoms with van der Waals surface area (Å²) in [5.41, 5.74) is 6.70. The van der Waals surface area contributed by atoms with Crippen LogP contribution in [-0.4, -0.2) is 48.0 Å². The van der Waals surface area contributed by atoms with Crippen LogP contribution in [0.5, 0.6) is 0 Å². The van der Waals surface area contributed by atoms with Crippen molar-refractivity contribution in [2.45, 2.75) is 19.8 Å². The Morgan fingerprint density at radius 2 is 1.77 bits per heavy atom. The van der Waals surface area contributed by atoms with E-state index in [0.717, 1.165) is 12.8 Å². The standard InChI is InChI=1S/C23H22N2O5/c1-13-5-4-10-25(11-13)18(26)12-30-23(29)17-9-8-16-19(20(17)24)22(28)15-7-3-2-6-14(15)21(16)27/h2-3,6-9,13H,4-5,10-12,24H2,1H3/t13-/m0/s1. The van der Waals surface area contributed by atoms with Crippen molar-refractivity contribution in [2.75, 3.05) is 25.4 Å². The lowest BCUT2D eigenvalue weighted by molar-refractivity contribution is -0.136. The van der Waals surface area contributed by atoms with Crippen molar-refractivity contribution in [3.05, 3.63) is 64.2 Å². The van der Waals surface area contributed by atoms with Crippen molar-refractivity contribution in [2.24, 2.45) is 5.92 Å². The van der Waals surface area contributed by atoms with Crippen molar-refractivity contribution in [3.63, 3.8) is 0 Å². The molecule has 0 saturated carbocycles. The maximum Gasteiger partial charge on any atom is 0.340 e. The van der Waals surface area contributed by atoms with Crippen LogP contribution in [0.3, 0.4) is 0 Å². The Morgan fingerprint density at radius 3 is 2.47 bits per heavy atom. The first-order chi connectivity index (χ1) is 14.4. The van der Waals surface area contributed by atoms with E-state index in [1.54, 1.807) is 29.2 Å². The van der Waals surface area contributed by atoms with Gasteiger partial charge < -0.3 is 15.4 Å². The Bertz CT molecular complexity index is 1080. The van der Waals surface area contributed by atoms with Crippen LogP contribution < -0.4 is 5.73 Å². The summed E-state index contributed by atoms with van der Waals surface area (Å²) in [6.45, 7) is 2.98. The van der Waals surface area contributed by atoms with Gasteiger partial charge in [0.15, 0.2) is 18.2 Å². The van der Waals surface area contributed by atoms with Gasteiger partial charge in [-0.15, -0.1) is 0 Å². The zero-order valence-electron chi connectivity index (χ0n) is 16.6. The molecule has 7 heteroatoms. The zero-order chi connectivity index (χ0) is 21.4. The molecule has 1 heterocycles. The number of esters is 1. The Morgan fingerprint density at radius 1 is 1.07 bits per heavy atom. The summed E-state index contributed by atoms with van der Waals surface area (Å²) in [5.74, 6) is -1.37. The molecule has 4 rings (SSSR count). The number of carbonyl (C=O) groups excluding carboxylic acids is 4. The molecule has 0 unspecified atom stereocenters. The highest BCUT2D eigenvalue weighted by Gasteiger charge is 2.33. The minimum Gasteiger partial charge on any atom is -0.452 e. The van der Waals surface area contributed by atoms with Gasteiger partial charge in [-0.2, -0.15) is 0 Å². The Labute approximate surface area is 173 Å². The van der Waals surface area contributed by atoms with E-state index in [9.17, 15) is 19.2 Å². The number of nitrogens with zero attached hydrogens (tertiary/aromatic N) is 1. The molecule has 1 atom stereocenters. The molecule has 1 amide bonds. The zero-order valence-corrected chi connectivity index (χ0v) is 16.6. The summed E-state index contributed by atoms with van der Waals surface area (Å²) in [7, 11) is 0. The summed E-state index contributed by atoms with van der Waals surface area (Å²) in [6, 6.07) is 9.27. The van der Waals surface area contributed by atoms with Crippen LogP contribution in [-0.2, 0) is 9.53 Å². The summed E-state index contributed by atoms with van der Waals surface area (Å²) in [6.07, 6.45) is 2.00. The molecular formula is C23H22N2O5. The minimum atomic E-state index is -0.798. The first kappa shape index (κ1) is 19.8. The summed E-state index contributed by atoms with van der Waals surface area (Å²) >= 11 is 0. The highest BCUT2D eigenvalue weighted by Crippen LogP contribution is 2.32. The molecule has 30 heavy (non-hydrogen) atoms. The van der Waals surface area contributed by atoms with Gasteiger partial charge in [-0.3, -0.25) is 14.4 Å². The van der Waals surface area contributed by atoms with Gasteiger partial charge in [-0.05, 0) is 30.9 Å². The number of carbonyl (C=O) groups is 4. The molecule has 0 bridgehead atoms. The van der Waals surface area contributed by atoms with E-state index in [2.05, 4.69) is 6.92 Å². The average Bonchev–Trinajstić information content (AvgIpc) is 2.75. The van der Waals surface area contributed by atoms with Crippen LogP contribution in [0, 0.1) is 5.92 Å².